The maximum absolute atomic E-state index is 12.6. The van der Waals surface area contributed by atoms with E-state index in [1.165, 1.54) is 11.1 Å². The third-order valence-corrected chi connectivity index (χ3v) is 5.90. The second-order valence-corrected chi connectivity index (χ2v) is 7.52. The summed E-state index contributed by atoms with van der Waals surface area (Å²) in [5.41, 5.74) is 8.37. The first-order chi connectivity index (χ1) is 11.6. The number of carbonyl (C=O) groups is 1. The first kappa shape index (κ1) is 15.9. The topological polar surface area (TPSA) is 73.6 Å². The van der Waals surface area contributed by atoms with Gasteiger partial charge in [0.25, 0.3) is 0 Å². The van der Waals surface area contributed by atoms with Gasteiger partial charge in [-0.3, -0.25) is 4.79 Å². The van der Waals surface area contributed by atoms with Crippen LogP contribution in [0.3, 0.4) is 0 Å². The minimum Gasteiger partial charge on any atom is -0.496 e. The van der Waals surface area contributed by atoms with E-state index in [1.807, 2.05) is 12.1 Å². The number of fused-ring (bicyclic) bond motifs is 1. The zero-order chi connectivity index (χ0) is 16.7. The van der Waals surface area contributed by atoms with Gasteiger partial charge in [-0.2, -0.15) is 0 Å². The Bertz CT molecular complexity index is 639. The third kappa shape index (κ3) is 2.70. The van der Waals surface area contributed by atoms with Crippen molar-refractivity contribution in [3.05, 3.63) is 29.3 Å². The second-order valence-electron chi connectivity index (χ2n) is 7.52. The molecule has 1 heterocycles. The Kier molecular flexibility index (Phi) is 4.01. The van der Waals surface area contributed by atoms with Crippen molar-refractivity contribution >= 4 is 5.91 Å². The molecule has 1 aromatic carbocycles. The van der Waals surface area contributed by atoms with Crippen LogP contribution in [0.5, 0.6) is 5.75 Å². The number of carbonyl (C=O) groups excluding carboxylic acids is 1. The molecular formula is C19H26N2O3. The summed E-state index contributed by atoms with van der Waals surface area (Å²) < 4.78 is 11.4. The van der Waals surface area contributed by atoms with Crippen molar-refractivity contribution < 1.29 is 14.3 Å². The zero-order valence-electron chi connectivity index (χ0n) is 14.2. The molecule has 1 saturated carbocycles. The zero-order valence-corrected chi connectivity index (χ0v) is 14.2. The van der Waals surface area contributed by atoms with Gasteiger partial charge in [0.1, 0.15) is 5.75 Å². The van der Waals surface area contributed by atoms with Crippen LogP contribution in [0.25, 0.3) is 0 Å². The van der Waals surface area contributed by atoms with E-state index in [4.69, 9.17) is 15.2 Å². The number of nitrogens with one attached hydrogen (secondary N) is 1. The number of benzene rings is 1. The summed E-state index contributed by atoms with van der Waals surface area (Å²) in [5, 5.41) is 3.24. The number of hydrogen-bond donors (Lipinski definition) is 2. The quantitative estimate of drug-likeness (QED) is 0.890. The molecule has 5 nitrogen and oxygen atoms in total. The fourth-order valence-corrected chi connectivity index (χ4v) is 4.63. The van der Waals surface area contributed by atoms with Gasteiger partial charge in [0.05, 0.1) is 18.8 Å². The van der Waals surface area contributed by atoms with Gasteiger partial charge in [0, 0.05) is 18.6 Å². The highest BCUT2D eigenvalue weighted by atomic mass is 16.5. The van der Waals surface area contributed by atoms with Crippen LogP contribution in [-0.2, 0) is 16.0 Å². The molecule has 2 unspecified atom stereocenters. The van der Waals surface area contributed by atoms with E-state index in [9.17, 15) is 4.79 Å². The van der Waals surface area contributed by atoms with Crippen LogP contribution in [0.1, 0.15) is 49.3 Å². The van der Waals surface area contributed by atoms with Crippen LogP contribution >= 0.6 is 0 Å². The Labute approximate surface area is 142 Å². The molecule has 0 bridgehead atoms. The summed E-state index contributed by atoms with van der Waals surface area (Å²) in [6.07, 6.45) is 5.34. The minimum atomic E-state index is -0.128. The van der Waals surface area contributed by atoms with Crippen molar-refractivity contribution in [2.75, 3.05) is 13.7 Å². The Morgan fingerprint density at radius 3 is 2.92 bits per heavy atom. The van der Waals surface area contributed by atoms with Gasteiger partial charge in [-0.25, -0.2) is 0 Å². The van der Waals surface area contributed by atoms with Gasteiger partial charge in [0.2, 0.25) is 5.91 Å². The molecular weight excluding hydrogens is 304 g/mol. The molecule has 3 aliphatic rings. The Hall–Kier alpha value is -1.59. The lowest BCUT2D eigenvalue weighted by atomic mass is 9.66. The molecule has 130 valence electrons. The molecule has 24 heavy (non-hydrogen) atoms. The maximum Gasteiger partial charge on any atom is 0.223 e. The maximum atomic E-state index is 12.6. The monoisotopic (exact) mass is 330 g/mol. The highest BCUT2D eigenvalue weighted by molar-refractivity contribution is 5.80. The number of amides is 1. The number of methoxy groups -OCH3 is 1. The summed E-state index contributed by atoms with van der Waals surface area (Å²) in [6.45, 7) is 0.727. The van der Waals surface area contributed by atoms with Crippen molar-refractivity contribution in [1.29, 1.82) is 0 Å². The predicted molar refractivity (Wildman–Crippen MR) is 90.8 cm³/mol. The number of hydrogen-bond acceptors (Lipinski definition) is 4. The lowest BCUT2D eigenvalue weighted by Crippen LogP contribution is -2.56. The van der Waals surface area contributed by atoms with Crippen molar-refractivity contribution in [3.63, 3.8) is 0 Å². The molecule has 0 radical (unpaired) electrons. The van der Waals surface area contributed by atoms with Crippen LogP contribution < -0.4 is 15.8 Å². The van der Waals surface area contributed by atoms with E-state index in [-0.39, 0.29) is 29.5 Å². The first-order valence-corrected chi connectivity index (χ1v) is 8.96. The standard InChI is InChI=1S/C19H26N2O3/c1-23-17-4-2-3-14-15(17)5-6-16(14)21-18(22)12-9-19(10-12)11-13(20)7-8-24-19/h2-4,12-13,16H,5-11,20H2,1H3,(H,21,22). The third-order valence-electron chi connectivity index (χ3n) is 5.90. The Balaban J connectivity index is 1.37. The minimum absolute atomic E-state index is 0.0601. The molecule has 1 aromatic rings. The predicted octanol–water partition coefficient (Wildman–Crippen LogP) is 2.09. The smallest absolute Gasteiger partial charge is 0.223 e. The van der Waals surface area contributed by atoms with Crippen molar-refractivity contribution in [3.8, 4) is 5.75 Å². The highest BCUT2D eigenvalue weighted by Crippen LogP contribution is 2.47. The molecule has 1 saturated heterocycles. The number of nitrogens with two attached hydrogens (primary N) is 1. The van der Waals surface area contributed by atoms with E-state index >= 15 is 0 Å². The van der Waals surface area contributed by atoms with Gasteiger partial charge in [-0.15, -0.1) is 0 Å². The van der Waals surface area contributed by atoms with Crippen LogP contribution in [0.15, 0.2) is 18.2 Å². The summed E-state index contributed by atoms with van der Waals surface area (Å²) in [4.78, 5) is 12.6. The molecule has 1 amide bonds. The van der Waals surface area contributed by atoms with Gasteiger partial charge in [-0.05, 0) is 55.7 Å². The lowest BCUT2D eigenvalue weighted by Gasteiger charge is -2.50. The van der Waals surface area contributed by atoms with Crippen molar-refractivity contribution in [2.24, 2.45) is 11.7 Å². The lowest BCUT2D eigenvalue weighted by molar-refractivity contribution is -0.170. The summed E-state index contributed by atoms with van der Waals surface area (Å²) in [5.74, 6) is 1.14. The summed E-state index contributed by atoms with van der Waals surface area (Å²) in [6, 6.07) is 6.41. The summed E-state index contributed by atoms with van der Waals surface area (Å²) in [7, 11) is 1.70. The normalized spacial score (nSPS) is 34.5. The van der Waals surface area contributed by atoms with Gasteiger partial charge < -0.3 is 20.5 Å². The Morgan fingerprint density at radius 2 is 2.17 bits per heavy atom. The largest absolute Gasteiger partial charge is 0.496 e. The van der Waals surface area contributed by atoms with E-state index in [2.05, 4.69) is 11.4 Å². The van der Waals surface area contributed by atoms with Gasteiger partial charge >= 0.3 is 0 Å². The molecule has 0 aromatic heterocycles. The summed E-state index contributed by atoms with van der Waals surface area (Å²) >= 11 is 0. The van der Waals surface area contributed by atoms with E-state index in [0.717, 1.165) is 50.9 Å². The average molecular weight is 330 g/mol. The van der Waals surface area contributed by atoms with Gasteiger partial charge in [0.15, 0.2) is 0 Å². The molecule has 1 spiro atoms. The fourth-order valence-electron chi connectivity index (χ4n) is 4.63. The molecule has 5 heteroatoms. The first-order valence-electron chi connectivity index (χ1n) is 8.96. The molecule has 4 rings (SSSR count). The highest BCUT2D eigenvalue weighted by Gasteiger charge is 2.50. The number of rotatable bonds is 3. The van der Waals surface area contributed by atoms with Crippen molar-refractivity contribution in [2.45, 2.75) is 56.2 Å². The molecule has 2 aliphatic carbocycles. The Morgan fingerprint density at radius 1 is 1.33 bits per heavy atom. The second kappa shape index (κ2) is 6.05. The molecule has 2 atom stereocenters. The van der Waals surface area contributed by atoms with Crippen molar-refractivity contribution in [1.82, 2.24) is 5.32 Å². The average Bonchev–Trinajstić information content (AvgIpc) is 2.95. The SMILES string of the molecule is COc1cccc2c1CCC2NC(=O)C1CC2(CC(N)CCO2)C1. The molecule has 2 fully saturated rings. The fraction of sp³-hybridized carbons (Fsp3) is 0.632. The van der Waals surface area contributed by atoms with E-state index in [0.29, 0.717) is 0 Å². The molecule has 1 aliphatic heterocycles. The molecule has 3 N–H and O–H groups in total. The van der Waals surface area contributed by atoms with Crippen LogP contribution in [0, 0.1) is 5.92 Å². The van der Waals surface area contributed by atoms with Crippen LogP contribution in [0.4, 0.5) is 0 Å². The van der Waals surface area contributed by atoms with Crippen LogP contribution in [-0.4, -0.2) is 31.3 Å². The number of ether oxygens (including phenoxy) is 2. The van der Waals surface area contributed by atoms with Gasteiger partial charge in [-0.1, -0.05) is 12.1 Å². The van der Waals surface area contributed by atoms with E-state index in [1.54, 1.807) is 7.11 Å². The van der Waals surface area contributed by atoms with Crippen LogP contribution in [0.2, 0.25) is 0 Å². The van der Waals surface area contributed by atoms with E-state index < -0.39 is 0 Å².